The number of rotatable bonds is 4. The van der Waals surface area contributed by atoms with Crippen LogP contribution in [-0.4, -0.2) is 0 Å². The Labute approximate surface area is 151 Å². The van der Waals surface area contributed by atoms with Crippen molar-refractivity contribution in [1.29, 1.82) is 0 Å². The Balaban J connectivity index is 2.29. The van der Waals surface area contributed by atoms with E-state index >= 15 is 0 Å². The van der Waals surface area contributed by atoms with Gasteiger partial charge in [0, 0.05) is 12.5 Å². The molecule has 3 aromatic rings. The summed E-state index contributed by atoms with van der Waals surface area (Å²) in [5.74, 6) is 8.70. The van der Waals surface area contributed by atoms with E-state index in [1.165, 1.54) is 15.9 Å². The molecule has 0 unspecified atom stereocenters. The Morgan fingerprint density at radius 3 is 1.44 bits per heavy atom. The summed E-state index contributed by atoms with van der Waals surface area (Å²) in [6.07, 6.45) is 2.92. The summed E-state index contributed by atoms with van der Waals surface area (Å²) < 4.78 is 0. The van der Waals surface area contributed by atoms with Crippen LogP contribution in [0.2, 0.25) is 0 Å². The van der Waals surface area contributed by atoms with E-state index in [-0.39, 0.29) is 0 Å². The maximum absolute atomic E-state index is 3.20. The molecule has 0 aliphatic carbocycles. The third kappa shape index (κ3) is 3.74. The molecule has 3 rings (SSSR count). The van der Waals surface area contributed by atoms with E-state index in [4.69, 9.17) is 0 Å². The summed E-state index contributed by atoms with van der Waals surface area (Å²) in [6.45, 7) is 2.08. The monoisotopic (exact) mass is 341 g/mol. The highest BCUT2D eigenvalue weighted by atomic mass is 31.2. The second-order valence-electron chi connectivity index (χ2n) is 5.72. The summed E-state index contributed by atoms with van der Waals surface area (Å²) in [5, 5.41) is 4.05. The van der Waals surface area contributed by atoms with Crippen molar-refractivity contribution in [2.24, 2.45) is 0 Å². The van der Waals surface area contributed by atoms with Crippen LogP contribution in [0.25, 0.3) is 0 Å². The van der Waals surface area contributed by atoms with Gasteiger partial charge in [0.25, 0.3) is 0 Å². The van der Waals surface area contributed by atoms with Gasteiger partial charge >= 0.3 is 0 Å². The number of benzene rings is 3. The molecule has 0 saturated heterocycles. The summed E-state index contributed by atoms with van der Waals surface area (Å²) in [7, 11) is -1.88. The van der Waals surface area contributed by atoms with Crippen LogP contribution in [0.1, 0.15) is 13.3 Å². The van der Waals surface area contributed by atoms with Gasteiger partial charge in [0.1, 0.15) is 23.2 Å². The quantitative estimate of drug-likeness (QED) is 0.467. The highest BCUT2D eigenvalue weighted by Crippen LogP contribution is 2.56. The van der Waals surface area contributed by atoms with Crippen LogP contribution in [0.5, 0.6) is 0 Å². The fraction of sp³-hybridized carbons (Fsp3) is 0.0833. The van der Waals surface area contributed by atoms with Gasteiger partial charge < -0.3 is 0 Å². The van der Waals surface area contributed by atoms with Crippen LogP contribution in [-0.2, 0) is 0 Å². The van der Waals surface area contributed by atoms with Crippen molar-refractivity contribution in [2.45, 2.75) is 13.3 Å². The van der Waals surface area contributed by atoms with Crippen LogP contribution in [0.4, 0.5) is 0 Å². The zero-order valence-electron chi connectivity index (χ0n) is 14.5. The van der Waals surface area contributed by atoms with Gasteiger partial charge in [-0.3, -0.25) is 0 Å². The smallest absolute Gasteiger partial charge is 0.0987 e. The first kappa shape index (κ1) is 17.2. The van der Waals surface area contributed by atoms with E-state index in [0.717, 1.165) is 6.42 Å². The summed E-state index contributed by atoms with van der Waals surface area (Å²) in [5.41, 5.74) is 0. The normalized spacial score (nSPS) is 11.1. The number of hydrogen-bond donors (Lipinski definition) is 0. The van der Waals surface area contributed by atoms with Crippen LogP contribution in [0.3, 0.4) is 0 Å². The number of hydrogen-bond acceptors (Lipinski definition) is 0. The Hall–Kier alpha value is -2.61. The minimum atomic E-state index is -1.88. The SMILES string of the molecule is CCC#CC=C[P+](c1ccccc1)(c1ccccc1)c1ccccc1. The third-order valence-corrected chi connectivity index (χ3v) is 8.09. The molecule has 3 aromatic carbocycles. The van der Waals surface area contributed by atoms with Gasteiger partial charge in [0.15, 0.2) is 0 Å². The van der Waals surface area contributed by atoms with Gasteiger partial charge in [-0.2, -0.15) is 0 Å². The molecular formula is C24H22P+. The van der Waals surface area contributed by atoms with Gasteiger partial charge in [-0.05, 0) is 36.4 Å². The van der Waals surface area contributed by atoms with Crippen molar-refractivity contribution in [3.8, 4) is 11.8 Å². The van der Waals surface area contributed by atoms with E-state index in [1.54, 1.807) is 0 Å². The average molecular weight is 341 g/mol. The lowest BCUT2D eigenvalue weighted by molar-refractivity contribution is 1.28. The molecule has 0 atom stereocenters. The molecule has 0 aliphatic heterocycles. The topological polar surface area (TPSA) is 0 Å². The summed E-state index contributed by atoms with van der Waals surface area (Å²) in [4.78, 5) is 0. The van der Waals surface area contributed by atoms with E-state index in [1.807, 2.05) is 6.08 Å². The molecule has 0 aliphatic rings. The molecule has 0 bridgehead atoms. The Bertz CT molecular complexity index is 772. The zero-order valence-corrected chi connectivity index (χ0v) is 15.4. The molecule has 1 heteroatoms. The minimum Gasteiger partial charge on any atom is -0.0987 e. The minimum absolute atomic E-state index is 0.873. The molecule has 0 spiro atoms. The lowest BCUT2D eigenvalue weighted by Gasteiger charge is -2.23. The van der Waals surface area contributed by atoms with Crippen molar-refractivity contribution >= 4 is 23.2 Å². The van der Waals surface area contributed by atoms with Crippen LogP contribution < -0.4 is 15.9 Å². The first-order chi connectivity index (χ1) is 12.4. The lowest BCUT2D eigenvalue weighted by atomic mass is 10.4. The van der Waals surface area contributed by atoms with Gasteiger partial charge in [-0.15, -0.1) is 0 Å². The highest BCUT2D eigenvalue weighted by Gasteiger charge is 2.42. The van der Waals surface area contributed by atoms with E-state index < -0.39 is 7.26 Å². The Kier molecular flexibility index (Phi) is 5.84. The molecule has 0 nitrogen and oxygen atoms in total. The van der Waals surface area contributed by atoms with Crippen molar-refractivity contribution < 1.29 is 0 Å². The van der Waals surface area contributed by atoms with Gasteiger partial charge in [-0.1, -0.05) is 73.4 Å². The maximum Gasteiger partial charge on any atom is 0.137 e. The molecule has 0 aromatic heterocycles. The second kappa shape index (κ2) is 8.48. The van der Waals surface area contributed by atoms with E-state index in [2.05, 4.69) is 116 Å². The van der Waals surface area contributed by atoms with E-state index in [0.29, 0.717) is 0 Å². The molecule has 0 radical (unpaired) electrons. The van der Waals surface area contributed by atoms with Crippen molar-refractivity contribution in [3.05, 3.63) is 103 Å². The molecule has 25 heavy (non-hydrogen) atoms. The third-order valence-electron chi connectivity index (χ3n) is 4.15. The Morgan fingerprint density at radius 2 is 1.08 bits per heavy atom. The predicted octanol–water partition coefficient (Wildman–Crippen LogP) is 4.91. The zero-order chi connectivity index (χ0) is 17.4. The molecular weight excluding hydrogens is 319 g/mol. The maximum atomic E-state index is 3.20. The summed E-state index contributed by atoms with van der Waals surface area (Å²) in [6, 6.07) is 32.4. The van der Waals surface area contributed by atoms with Crippen LogP contribution in [0.15, 0.2) is 103 Å². The molecule has 0 N–H and O–H groups in total. The first-order valence-corrected chi connectivity index (χ1v) is 10.5. The van der Waals surface area contributed by atoms with Crippen molar-refractivity contribution in [1.82, 2.24) is 0 Å². The molecule has 0 heterocycles. The molecule has 0 saturated carbocycles. The standard InChI is InChI=1S/C24H22P/c1-2-3-4-14-21-25(22-15-8-5-9-16-22,23-17-10-6-11-18-23)24-19-12-7-13-20-24/h5-21H,2H2,1H3/q+1. The summed E-state index contributed by atoms with van der Waals surface area (Å²) >= 11 is 0. The van der Waals surface area contributed by atoms with Crippen molar-refractivity contribution in [2.75, 3.05) is 0 Å². The van der Waals surface area contributed by atoms with E-state index in [9.17, 15) is 0 Å². The highest BCUT2D eigenvalue weighted by molar-refractivity contribution is 7.98. The van der Waals surface area contributed by atoms with Crippen molar-refractivity contribution in [3.63, 3.8) is 0 Å². The van der Waals surface area contributed by atoms with Gasteiger partial charge in [-0.25, -0.2) is 0 Å². The Morgan fingerprint density at radius 1 is 0.680 bits per heavy atom. The molecule has 0 amide bonds. The van der Waals surface area contributed by atoms with Crippen LogP contribution in [0, 0.1) is 11.8 Å². The molecule has 122 valence electrons. The largest absolute Gasteiger partial charge is 0.137 e. The number of allylic oxidation sites excluding steroid dienone is 1. The lowest BCUT2D eigenvalue weighted by Crippen LogP contribution is -2.29. The average Bonchev–Trinajstić information content (AvgIpc) is 2.70. The second-order valence-corrected chi connectivity index (χ2v) is 9.01. The van der Waals surface area contributed by atoms with Crippen LogP contribution >= 0.6 is 7.26 Å². The fourth-order valence-corrected chi connectivity index (χ4v) is 6.64. The molecule has 0 fully saturated rings. The van der Waals surface area contributed by atoms with Gasteiger partial charge in [0.2, 0.25) is 0 Å². The van der Waals surface area contributed by atoms with Gasteiger partial charge in [0.05, 0.1) is 5.82 Å². The first-order valence-electron chi connectivity index (χ1n) is 8.59. The fourth-order valence-electron chi connectivity index (χ4n) is 3.00. The predicted molar refractivity (Wildman–Crippen MR) is 112 cm³/mol.